The minimum atomic E-state index is -3.08. The summed E-state index contributed by atoms with van der Waals surface area (Å²) in [6, 6.07) is 5.62. The number of nitrogens with zero attached hydrogens (tertiary/aromatic N) is 4. The number of hydrogen-bond donors (Lipinski definition) is 2. The highest BCUT2D eigenvalue weighted by atomic mass is 35.5. The van der Waals surface area contributed by atoms with E-state index in [0.717, 1.165) is 12.6 Å². The summed E-state index contributed by atoms with van der Waals surface area (Å²) in [5.41, 5.74) is 0.966. The topological polar surface area (TPSA) is 83.0 Å². The molecular weight excluding hydrogens is 469 g/mol. The highest BCUT2D eigenvalue weighted by Gasteiger charge is 2.24. The van der Waals surface area contributed by atoms with Gasteiger partial charge in [-0.25, -0.2) is 28.1 Å². The third kappa shape index (κ3) is 7.39. The predicted octanol–water partition coefficient (Wildman–Crippen LogP) is 5.42. The fourth-order valence-electron chi connectivity index (χ4n) is 3.08. The van der Waals surface area contributed by atoms with Crippen LogP contribution in [0.4, 0.5) is 30.5 Å². The van der Waals surface area contributed by atoms with E-state index in [0.29, 0.717) is 41.3 Å². The van der Waals surface area contributed by atoms with Crippen LogP contribution in [0.15, 0.2) is 48.9 Å². The van der Waals surface area contributed by atoms with Gasteiger partial charge in [0.25, 0.3) is 5.92 Å². The first-order valence-electron chi connectivity index (χ1n) is 10.5. The predicted molar refractivity (Wildman–Crippen MR) is 127 cm³/mol. The average Bonchev–Trinajstić information content (AvgIpc) is 2.78. The van der Waals surface area contributed by atoms with Crippen LogP contribution in [0, 0.1) is 5.82 Å². The molecule has 0 spiro atoms. The molecule has 0 atom stereocenters. The molecule has 0 aliphatic rings. The van der Waals surface area contributed by atoms with Crippen LogP contribution in [0.2, 0.25) is 5.02 Å². The maximum absolute atomic E-state index is 14.0. The molecule has 7 nitrogen and oxygen atoms in total. The van der Waals surface area contributed by atoms with Crippen LogP contribution >= 0.6 is 11.6 Å². The van der Waals surface area contributed by atoms with Crippen molar-refractivity contribution in [1.29, 1.82) is 0 Å². The Morgan fingerprint density at radius 2 is 1.97 bits per heavy atom. The number of nitrogens with one attached hydrogen (secondary N) is 2. The van der Waals surface area contributed by atoms with E-state index >= 15 is 0 Å². The summed E-state index contributed by atoms with van der Waals surface area (Å²) in [5.74, 6) is -3.88. The first-order chi connectivity index (χ1) is 16.1. The Bertz CT molecular complexity index is 1190. The number of amides is 1. The molecule has 0 bridgehead atoms. The van der Waals surface area contributed by atoms with Crippen LogP contribution in [-0.2, 0) is 4.79 Å². The van der Waals surface area contributed by atoms with Gasteiger partial charge >= 0.3 is 0 Å². The van der Waals surface area contributed by atoms with E-state index < -0.39 is 17.6 Å². The van der Waals surface area contributed by atoms with Gasteiger partial charge in [-0.3, -0.25) is 4.79 Å². The normalized spacial score (nSPS) is 12.0. The second-order valence-electron chi connectivity index (χ2n) is 7.91. The standard InChI is InChI=1S/C23H24ClF3N6O/c1-33(2)10-4-3-8-23(26,27)9-7-21(34)32-20-12-16-19(13-28-20)29-14-30-22(16)31-15-5-6-18(25)17(24)11-15/h5-7,9,11-14H,3-4,8,10H2,1-2H3,(H,28,32,34)(H,29,30,31). The molecule has 2 N–H and O–H groups in total. The van der Waals surface area contributed by atoms with Crippen molar-refractivity contribution in [2.75, 3.05) is 31.3 Å². The Labute approximate surface area is 200 Å². The molecular formula is C23H24ClF3N6O. The van der Waals surface area contributed by atoms with E-state index in [-0.39, 0.29) is 17.3 Å². The molecule has 0 saturated carbocycles. The van der Waals surface area contributed by atoms with Gasteiger partial charge < -0.3 is 15.5 Å². The number of fused-ring (bicyclic) bond motifs is 1. The number of hydrogen-bond acceptors (Lipinski definition) is 6. The lowest BCUT2D eigenvalue weighted by atomic mass is 10.1. The Balaban J connectivity index is 1.69. The third-order valence-corrected chi connectivity index (χ3v) is 5.09. The average molecular weight is 493 g/mol. The fourth-order valence-corrected chi connectivity index (χ4v) is 3.26. The highest BCUT2D eigenvalue weighted by molar-refractivity contribution is 6.31. The summed E-state index contributed by atoms with van der Waals surface area (Å²) in [4.78, 5) is 26.5. The molecule has 2 heterocycles. The molecule has 3 rings (SSSR count). The van der Waals surface area contributed by atoms with E-state index in [1.807, 2.05) is 19.0 Å². The minimum Gasteiger partial charge on any atom is -0.340 e. The van der Waals surface area contributed by atoms with E-state index in [4.69, 9.17) is 11.6 Å². The first kappa shape index (κ1) is 25.4. The van der Waals surface area contributed by atoms with Crippen molar-refractivity contribution < 1.29 is 18.0 Å². The van der Waals surface area contributed by atoms with Gasteiger partial charge in [-0.2, -0.15) is 0 Å². The molecule has 180 valence electrons. The number of carbonyl (C=O) groups excluding carboxylic acids is 1. The summed E-state index contributed by atoms with van der Waals surface area (Å²) in [7, 11) is 3.76. The molecule has 0 radical (unpaired) electrons. The van der Waals surface area contributed by atoms with Gasteiger partial charge in [-0.05, 0) is 63.8 Å². The number of unbranched alkanes of at least 4 members (excludes halogenated alkanes) is 1. The maximum atomic E-state index is 14.0. The van der Waals surface area contributed by atoms with E-state index in [9.17, 15) is 18.0 Å². The molecule has 0 fully saturated rings. The lowest BCUT2D eigenvalue weighted by Crippen LogP contribution is -2.17. The number of alkyl halides is 2. The van der Waals surface area contributed by atoms with Crippen molar-refractivity contribution in [3.63, 3.8) is 0 Å². The van der Waals surface area contributed by atoms with Crippen LogP contribution in [0.3, 0.4) is 0 Å². The van der Waals surface area contributed by atoms with Gasteiger partial charge in [0.05, 0.1) is 16.7 Å². The molecule has 0 aliphatic carbocycles. The van der Waals surface area contributed by atoms with Crippen LogP contribution in [0.1, 0.15) is 19.3 Å². The summed E-state index contributed by atoms with van der Waals surface area (Å²) in [6.07, 6.45) is 4.80. The van der Waals surface area contributed by atoms with E-state index in [2.05, 4.69) is 25.6 Å². The molecule has 0 saturated heterocycles. The van der Waals surface area contributed by atoms with Gasteiger partial charge in [0.15, 0.2) is 0 Å². The number of benzene rings is 1. The van der Waals surface area contributed by atoms with Gasteiger partial charge in [0.2, 0.25) is 5.91 Å². The molecule has 3 aromatic rings. The van der Waals surface area contributed by atoms with E-state index in [1.165, 1.54) is 36.8 Å². The summed E-state index contributed by atoms with van der Waals surface area (Å²) >= 11 is 5.82. The number of pyridine rings is 1. The molecule has 0 unspecified atom stereocenters. The summed E-state index contributed by atoms with van der Waals surface area (Å²) in [6.45, 7) is 0.725. The quantitative estimate of drug-likeness (QED) is 0.290. The van der Waals surface area contributed by atoms with Crippen molar-refractivity contribution >= 4 is 45.7 Å². The lowest BCUT2D eigenvalue weighted by Gasteiger charge is -2.13. The number of anilines is 3. The Morgan fingerprint density at radius 3 is 2.71 bits per heavy atom. The molecule has 11 heteroatoms. The molecule has 2 aromatic heterocycles. The zero-order valence-electron chi connectivity index (χ0n) is 18.7. The Kier molecular flexibility index (Phi) is 8.41. The Morgan fingerprint density at radius 1 is 1.18 bits per heavy atom. The second kappa shape index (κ2) is 11.3. The van der Waals surface area contributed by atoms with Crippen LogP contribution in [0.5, 0.6) is 0 Å². The third-order valence-electron chi connectivity index (χ3n) is 4.80. The van der Waals surface area contributed by atoms with Crippen molar-refractivity contribution in [2.45, 2.75) is 25.2 Å². The number of aromatic nitrogens is 3. The minimum absolute atomic E-state index is 0.0562. The fraction of sp³-hybridized carbons (Fsp3) is 0.304. The second-order valence-corrected chi connectivity index (χ2v) is 8.31. The van der Waals surface area contributed by atoms with Crippen molar-refractivity contribution in [2.24, 2.45) is 0 Å². The van der Waals surface area contributed by atoms with Gasteiger partial charge in [0, 0.05) is 23.6 Å². The number of carbonyl (C=O) groups is 1. The summed E-state index contributed by atoms with van der Waals surface area (Å²) < 4.78 is 41.5. The largest absolute Gasteiger partial charge is 0.340 e. The van der Waals surface area contributed by atoms with E-state index in [1.54, 1.807) is 0 Å². The summed E-state index contributed by atoms with van der Waals surface area (Å²) in [5, 5.41) is 5.93. The van der Waals surface area contributed by atoms with Crippen molar-refractivity contribution in [3.8, 4) is 0 Å². The maximum Gasteiger partial charge on any atom is 0.266 e. The van der Waals surface area contributed by atoms with Crippen LogP contribution in [-0.4, -0.2) is 52.3 Å². The first-order valence-corrected chi connectivity index (χ1v) is 10.9. The number of rotatable bonds is 10. The van der Waals surface area contributed by atoms with Crippen molar-refractivity contribution in [1.82, 2.24) is 19.9 Å². The zero-order chi connectivity index (χ0) is 24.7. The highest BCUT2D eigenvalue weighted by Crippen LogP contribution is 2.27. The van der Waals surface area contributed by atoms with Gasteiger partial charge in [0.1, 0.15) is 23.8 Å². The zero-order valence-corrected chi connectivity index (χ0v) is 19.4. The van der Waals surface area contributed by atoms with Crippen LogP contribution in [0.25, 0.3) is 10.9 Å². The Hall–Kier alpha value is -3.24. The molecule has 0 aliphatic heterocycles. The monoisotopic (exact) mass is 492 g/mol. The smallest absolute Gasteiger partial charge is 0.266 e. The molecule has 34 heavy (non-hydrogen) atoms. The van der Waals surface area contributed by atoms with Crippen molar-refractivity contribution in [3.05, 3.63) is 59.8 Å². The number of halogens is 4. The van der Waals surface area contributed by atoms with Gasteiger partial charge in [-0.15, -0.1) is 0 Å². The van der Waals surface area contributed by atoms with Crippen LogP contribution < -0.4 is 10.6 Å². The van der Waals surface area contributed by atoms with Gasteiger partial charge in [-0.1, -0.05) is 11.6 Å². The number of allylic oxidation sites excluding steroid dienone is 1. The SMILES string of the molecule is CN(C)CCCCC(F)(F)C=CC(=O)Nc1cc2c(Nc3ccc(F)c(Cl)c3)ncnc2cn1. The molecule has 1 amide bonds. The molecule has 1 aromatic carbocycles. The lowest BCUT2D eigenvalue weighted by molar-refractivity contribution is -0.112.